The van der Waals surface area contributed by atoms with Crippen molar-refractivity contribution in [1.29, 1.82) is 0 Å². The van der Waals surface area contributed by atoms with Gasteiger partial charge in [-0.15, -0.1) is 0 Å². The van der Waals surface area contributed by atoms with E-state index >= 15 is 0 Å². The van der Waals surface area contributed by atoms with Gasteiger partial charge in [0.15, 0.2) is 11.5 Å². The second kappa shape index (κ2) is 13.4. The molecule has 1 saturated heterocycles. The van der Waals surface area contributed by atoms with E-state index in [9.17, 15) is 30.0 Å². The molecular formula is C35H30ClNO10. The van der Waals surface area contributed by atoms with Gasteiger partial charge < -0.3 is 44.4 Å². The maximum absolute atomic E-state index is 13.1. The maximum Gasteiger partial charge on any atom is 0.256 e. The van der Waals surface area contributed by atoms with Crippen LogP contribution in [0.3, 0.4) is 0 Å². The Hall–Kier alpha value is -4.91. The van der Waals surface area contributed by atoms with Gasteiger partial charge in [-0.25, -0.2) is 0 Å². The molecule has 6 rings (SSSR count). The van der Waals surface area contributed by atoms with E-state index in [2.05, 4.69) is 5.32 Å². The van der Waals surface area contributed by atoms with Crippen molar-refractivity contribution in [3.05, 3.63) is 117 Å². The molecule has 11 nitrogen and oxygen atoms in total. The van der Waals surface area contributed by atoms with Crippen LogP contribution in [-0.4, -0.2) is 57.0 Å². The van der Waals surface area contributed by atoms with E-state index in [1.165, 1.54) is 25.1 Å². The van der Waals surface area contributed by atoms with Crippen molar-refractivity contribution in [2.24, 2.45) is 0 Å². The molecule has 0 saturated carbocycles. The van der Waals surface area contributed by atoms with E-state index in [0.717, 1.165) is 5.56 Å². The Morgan fingerprint density at radius 3 is 2.38 bits per heavy atom. The third-order valence-corrected chi connectivity index (χ3v) is 7.98. The smallest absolute Gasteiger partial charge is 0.256 e. The first kappa shape index (κ1) is 32.0. The molecule has 0 spiro atoms. The topological polar surface area (TPSA) is 168 Å². The number of nitrogens with one attached hydrogen (secondary N) is 1. The van der Waals surface area contributed by atoms with Gasteiger partial charge in [0.1, 0.15) is 58.9 Å². The zero-order valence-corrected chi connectivity index (χ0v) is 25.6. The summed E-state index contributed by atoms with van der Waals surface area (Å²) in [7, 11) is 0. The highest BCUT2D eigenvalue weighted by atomic mass is 35.5. The Labute approximate surface area is 273 Å². The SMILES string of the molecule is Cc1c(OC2OC(C(=O)Nc3cccc(Cl)c3)C(O)C(O)C2O)cc2oc(-c3ccc(OCc4ccccc4)cc3)cc(=O)c2c1O. The summed E-state index contributed by atoms with van der Waals surface area (Å²) >= 11 is 5.98. The molecule has 0 radical (unpaired) electrons. The Morgan fingerprint density at radius 1 is 0.915 bits per heavy atom. The minimum Gasteiger partial charge on any atom is -0.507 e. The highest BCUT2D eigenvalue weighted by Crippen LogP contribution is 2.37. The second-order valence-electron chi connectivity index (χ2n) is 11.0. The molecule has 4 aromatic carbocycles. The number of aliphatic hydroxyl groups is 3. The second-order valence-corrected chi connectivity index (χ2v) is 11.4. The summed E-state index contributed by atoms with van der Waals surface area (Å²) in [6.07, 6.45) is -8.75. The molecule has 12 heteroatoms. The van der Waals surface area contributed by atoms with Crippen LogP contribution in [0, 0.1) is 6.92 Å². The van der Waals surface area contributed by atoms with E-state index < -0.39 is 47.8 Å². The van der Waals surface area contributed by atoms with Gasteiger partial charge in [0.05, 0.1) is 0 Å². The van der Waals surface area contributed by atoms with Crippen molar-refractivity contribution < 1.29 is 43.8 Å². The molecule has 0 aliphatic carbocycles. The third kappa shape index (κ3) is 6.80. The Balaban J connectivity index is 1.24. The zero-order chi connectivity index (χ0) is 33.2. The molecular weight excluding hydrogens is 630 g/mol. The number of phenolic OH excluding ortho intramolecular Hbond substituents is 1. The molecule has 1 aromatic heterocycles. The molecule has 1 aliphatic rings. The molecule has 0 bridgehead atoms. The van der Waals surface area contributed by atoms with Crippen LogP contribution in [0.15, 0.2) is 100 Å². The number of rotatable bonds is 8. The third-order valence-electron chi connectivity index (χ3n) is 7.75. The van der Waals surface area contributed by atoms with Crippen LogP contribution >= 0.6 is 11.6 Å². The van der Waals surface area contributed by atoms with Crippen molar-refractivity contribution in [2.75, 3.05) is 5.32 Å². The predicted molar refractivity (Wildman–Crippen MR) is 172 cm³/mol. The summed E-state index contributed by atoms with van der Waals surface area (Å²) in [5, 5.41) is 45.5. The van der Waals surface area contributed by atoms with Crippen molar-refractivity contribution in [3.63, 3.8) is 0 Å². The van der Waals surface area contributed by atoms with Crippen LogP contribution in [0.4, 0.5) is 5.69 Å². The lowest BCUT2D eigenvalue weighted by molar-refractivity contribution is -0.265. The number of halogens is 1. The van der Waals surface area contributed by atoms with E-state index in [0.29, 0.717) is 28.6 Å². The molecule has 47 heavy (non-hydrogen) atoms. The van der Waals surface area contributed by atoms with Crippen LogP contribution in [0.2, 0.25) is 5.02 Å². The molecule has 2 heterocycles. The highest BCUT2D eigenvalue weighted by molar-refractivity contribution is 6.30. The molecule has 1 aliphatic heterocycles. The average molecular weight is 660 g/mol. The van der Waals surface area contributed by atoms with Crippen molar-refractivity contribution >= 4 is 34.2 Å². The number of anilines is 1. The van der Waals surface area contributed by atoms with Crippen LogP contribution in [0.25, 0.3) is 22.3 Å². The molecule has 1 amide bonds. The van der Waals surface area contributed by atoms with Crippen molar-refractivity contribution in [3.8, 4) is 28.6 Å². The normalized spacial score (nSPS) is 20.9. The lowest BCUT2D eigenvalue weighted by Gasteiger charge is -2.39. The van der Waals surface area contributed by atoms with E-state index in [-0.39, 0.29) is 28.0 Å². The molecule has 5 atom stereocenters. The molecule has 5 unspecified atom stereocenters. The van der Waals surface area contributed by atoms with Crippen LogP contribution in [0.5, 0.6) is 17.2 Å². The number of carbonyl (C=O) groups is 1. The number of phenols is 1. The van der Waals surface area contributed by atoms with Gasteiger partial charge in [0, 0.05) is 34.0 Å². The zero-order valence-electron chi connectivity index (χ0n) is 24.9. The number of carbonyl (C=O) groups excluding carboxylic acids is 1. The van der Waals surface area contributed by atoms with Crippen LogP contribution < -0.4 is 20.2 Å². The number of amides is 1. The van der Waals surface area contributed by atoms with Crippen LogP contribution in [-0.2, 0) is 16.1 Å². The average Bonchev–Trinajstić information content (AvgIpc) is 3.06. The summed E-state index contributed by atoms with van der Waals surface area (Å²) in [5.74, 6) is -0.506. The summed E-state index contributed by atoms with van der Waals surface area (Å²) in [6, 6.07) is 25.5. The Bertz CT molecular complexity index is 1960. The first-order valence-corrected chi connectivity index (χ1v) is 15.0. The maximum atomic E-state index is 13.1. The first-order chi connectivity index (χ1) is 22.6. The lowest BCUT2D eigenvalue weighted by Crippen LogP contribution is -2.62. The van der Waals surface area contributed by atoms with E-state index in [4.69, 9.17) is 30.2 Å². The monoisotopic (exact) mass is 659 g/mol. The van der Waals surface area contributed by atoms with Gasteiger partial charge in [-0.3, -0.25) is 9.59 Å². The largest absolute Gasteiger partial charge is 0.507 e. The van der Waals surface area contributed by atoms with Gasteiger partial charge in [-0.05, 0) is 55.0 Å². The van der Waals surface area contributed by atoms with E-state index in [1.54, 1.807) is 42.5 Å². The standard InChI is InChI=1S/C35H30ClNO10/c1-18-25(46-35-32(42)30(40)31(41)33(47-35)34(43)37-22-9-5-8-21(36)14-22)16-27-28(29(18)39)24(38)15-26(45-27)20-10-12-23(13-11-20)44-17-19-6-3-2-4-7-19/h2-16,30-33,35,39-42H,17H2,1H3,(H,37,43). The van der Waals surface area contributed by atoms with E-state index in [1.807, 2.05) is 30.3 Å². The Morgan fingerprint density at radius 2 is 1.66 bits per heavy atom. The van der Waals surface area contributed by atoms with Crippen LogP contribution in [0.1, 0.15) is 11.1 Å². The number of hydrogen-bond acceptors (Lipinski definition) is 10. The fourth-order valence-electron chi connectivity index (χ4n) is 5.17. The number of ether oxygens (including phenoxy) is 3. The van der Waals surface area contributed by atoms with Gasteiger partial charge >= 0.3 is 0 Å². The lowest BCUT2D eigenvalue weighted by atomic mass is 9.98. The fourth-order valence-corrected chi connectivity index (χ4v) is 5.36. The molecule has 5 N–H and O–H groups in total. The minimum atomic E-state index is -1.83. The van der Waals surface area contributed by atoms with Gasteiger partial charge in [-0.2, -0.15) is 0 Å². The first-order valence-electron chi connectivity index (χ1n) is 14.6. The molecule has 5 aromatic rings. The summed E-state index contributed by atoms with van der Waals surface area (Å²) in [6.45, 7) is 1.85. The van der Waals surface area contributed by atoms with Gasteiger partial charge in [0.25, 0.3) is 5.91 Å². The highest BCUT2D eigenvalue weighted by Gasteiger charge is 2.48. The fraction of sp³-hybridized carbons (Fsp3) is 0.200. The summed E-state index contributed by atoms with van der Waals surface area (Å²) in [5.41, 5.74) is 1.45. The number of hydrogen-bond donors (Lipinski definition) is 5. The summed E-state index contributed by atoms with van der Waals surface area (Å²) in [4.78, 5) is 26.1. The quantitative estimate of drug-likeness (QED) is 0.160. The Kier molecular flexibility index (Phi) is 9.17. The number of aliphatic hydroxyl groups excluding tert-OH is 3. The van der Waals surface area contributed by atoms with Crippen molar-refractivity contribution in [2.45, 2.75) is 44.2 Å². The molecule has 1 fully saturated rings. The van der Waals surface area contributed by atoms with Crippen molar-refractivity contribution in [1.82, 2.24) is 0 Å². The van der Waals surface area contributed by atoms with Gasteiger partial charge in [-0.1, -0.05) is 48.0 Å². The van der Waals surface area contributed by atoms with Gasteiger partial charge in [0.2, 0.25) is 6.29 Å². The number of aromatic hydroxyl groups is 1. The minimum absolute atomic E-state index is 0.0314. The number of fused-ring (bicyclic) bond motifs is 1. The molecule has 242 valence electrons. The summed E-state index contributed by atoms with van der Waals surface area (Å²) < 4.78 is 23.3. The number of benzene rings is 4. The predicted octanol–water partition coefficient (Wildman–Crippen LogP) is 4.53.